The smallest absolute Gasteiger partial charge is 0.405 e. The summed E-state index contributed by atoms with van der Waals surface area (Å²) in [5, 5.41) is 15.7. The van der Waals surface area contributed by atoms with Gasteiger partial charge in [0.1, 0.15) is 10.4 Å². The molecule has 0 bridgehead atoms. The van der Waals surface area contributed by atoms with Gasteiger partial charge < -0.3 is 20.1 Å². The standard InChI is InChI=1S/C22H22N2O4S2/c1-22(2,3)19(24-21(26)27)15-8-7-14(30-15)17-13(28-4)6-5-12-16(17)11-9-10-29-18(11)20(25)23-12/h5-10,19,24H,1-4H3,(H,23,25)(H,26,27). The van der Waals surface area contributed by atoms with Crippen LogP contribution >= 0.6 is 22.7 Å². The van der Waals surface area contributed by atoms with Gasteiger partial charge in [-0.25, -0.2) is 4.79 Å². The number of aromatic amines is 1. The maximum absolute atomic E-state index is 12.4. The molecule has 3 aromatic heterocycles. The molecule has 1 atom stereocenters. The molecule has 4 aromatic rings. The molecular formula is C22H22N2O4S2. The zero-order valence-electron chi connectivity index (χ0n) is 17.0. The molecule has 0 radical (unpaired) electrons. The molecule has 0 aliphatic carbocycles. The van der Waals surface area contributed by atoms with Crippen LogP contribution in [0.1, 0.15) is 31.7 Å². The van der Waals surface area contributed by atoms with Gasteiger partial charge in [0.25, 0.3) is 5.56 Å². The van der Waals surface area contributed by atoms with Crippen LogP contribution in [0.15, 0.2) is 40.5 Å². The van der Waals surface area contributed by atoms with E-state index in [0.717, 1.165) is 31.6 Å². The average molecular weight is 443 g/mol. The Morgan fingerprint density at radius 1 is 1.20 bits per heavy atom. The van der Waals surface area contributed by atoms with Crippen molar-refractivity contribution in [2.75, 3.05) is 7.11 Å². The molecule has 1 unspecified atom stereocenters. The summed E-state index contributed by atoms with van der Waals surface area (Å²) in [7, 11) is 1.62. The number of benzene rings is 1. The number of aromatic nitrogens is 1. The van der Waals surface area contributed by atoms with Gasteiger partial charge in [0.15, 0.2) is 0 Å². The Hall–Kier alpha value is -2.84. The second kappa shape index (κ2) is 7.45. The number of methoxy groups -OCH3 is 1. The van der Waals surface area contributed by atoms with Gasteiger partial charge in [-0.05, 0) is 41.1 Å². The fourth-order valence-corrected chi connectivity index (χ4v) is 5.88. The first-order valence-electron chi connectivity index (χ1n) is 9.40. The van der Waals surface area contributed by atoms with E-state index in [2.05, 4.69) is 10.3 Å². The molecule has 3 N–H and O–H groups in total. The van der Waals surface area contributed by atoms with E-state index in [4.69, 9.17) is 4.74 Å². The van der Waals surface area contributed by atoms with Crippen LogP contribution in [0.4, 0.5) is 4.79 Å². The highest BCUT2D eigenvalue weighted by Crippen LogP contribution is 2.45. The Morgan fingerprint density at radius 2 is 1.97 bits per heavy atom. The van der Waals surface area contributed by atoms with Crippen molar-refractivity contribution >= 4 is 49.8 Å². The van der Waals surface area contributed by atoms with Gasteiger partial charge in [0.05, 0.1) is 13.2 Å². The monoisotopic (exact) mass is 442 g/mol. The molecule has 3 heterocycles. The molecule has 0 spiro atoms. The number of fused-ring (bicyclic) bond motifs is 3. The number of hydrogen-bond acceptors (Lipinski definition) is 5. The molecule has 0 saturated heterocycles. The van der Waals surface area contributed by atoms with E-state index in [9.17, 15) is 14.7 Å². The normalized spacial score (nSPS) is 12.9. The molecule has 156 valence electrons. The lowest BCUT2D eigenvalue weighted by atomic mass is 9.86. The van der Waals surface area contributed by atoms with E-state index in [1.165, 1.54) is 22.7 Å². The lowest BCUT2D eigenvalue weighted by molar-refractivity contribution is 0.175. The minimum absolute atomic E-state index is 0.103. The number of ether oxygens (including phenoxy) is 1. The van der Waals surface area contributed by atoms with Crippen LogP contribution < -0.4 is 15.6 Å². The Balaban J connectivity index is 1.97. The SMILES string of the molecule is COc1ccc2[nH]c(=O)c3sccc3c2c1-c1ccc(C(NC(=O)O)C(C)(C)C)s1. The minimum atomic E-state index is -1.05. The summed E-state index contributed by atoms with van der Waals surface area (Å²) in [4.78, 5) is 28.6. The van der Waals surface area contributed by atoms with Crippen LogP contribution in [0.3, 0.4) is 0 Å². The highest BCUT2D eigenvalue weighted by molar-refractivity contribution is 7.17. The minimum Gasteiger partial charge on any atom is -0.496 e. The van der Waals surface area contributed by atoms with Crippen molar-refractivity contribution in [3.63, 3.8) is 0 Å². The fraction of sp³-hybridized carbons (Fsp3) is 0.273. The molecule has 1 aromatic carbocycles. The Bertz CT molecular complexity index is 1310. The Labute approximate surface area is 181 Å². The van der Waals surface area contributed by atoms with Crippen LogP contribution in [0, 0.1) is 5.41 Å². The van der Waals surface area contributed by atoms with Crippen LogP contribution in [0.5, 0.6) is 5.75 Å². The maximum atomic E-state index is 12.4. The lowest BCUT2D eigenvalue weighted by Gasteiger charge is -2.29. The third kappa shape index (κ3) is 3.46. The summed E-state index contributed by atoms with van der Waals surface area (Å²) in [6.45, 7) is 6.02. The van der Waals surface area contributed by atoms with Crippen molar-refractivity contribution in [1.29, 1.82) is 0 Å². The van der Waals surface area contributed by atoms with E-state index >= 15 is 0 Å². The van der Waals surface area contributed by atoms with E-state index in [1.807, 2.05) is 56.5 Å². The Morgan fingerprint density at radius 3 is 2.63 bits per heavy atom. The van der Waals surface area contributed by atoms with Crippen molar-refractivity contribution in [3.8, 4) is 16.2 Å². The van der Waals surface area contributed by atoms with Gasteiger partial charge in [0, 0.05) is 31.6 Å². The molecule has 1 amide bonds. The molecule has 0 aliphatic heterocycles. The van der Waals surface area contributed by atoms with Crippen molar-refractivity contribution in [3.05, 3.63) is 50.9 Å². The molecule has 8 heteroatoms. The molecule has 6 nitrogen and oxygen atoms in total. The number of carbonyl (C=O) groups is 1. The van der Waals surface area contributed by atoms with Gasteiger partial charge in [-0.1, -0.05) is 20.8 Å². The zero-order chi connectivity index (χ0) is 21.6. The first-order chi connectivity index (χ1) is 14.2. The van der Waals surface area contributed by atoms with Crippen LogP contribution in [0.2, 0.25) is 0 Å². The summed E-state index contributed by atoms with van der Waals surface area (Å²) < 4.78 is 6.35. The van der Waals surface area contributed by atoms with Crippen molar-refractivity contribution in [2.24, 2.45) is 5.41 Å². The topological polar surface area (TPSA) is 91.4 Å². The van der Waals surface area contributed by atoms with Crippen molar-refractivity contribution in [2.45, 2.75) is 26.8 Å². The van der Waals surface area contributed by atoms with Gasteiger partial charge >= 0.3 is 6.09 Å². The van der Waals surface area contributed by atoms with Crippen molar-refractivity contribution < 1.29 is 14.6 Å². The quantitative estimate of drug-likeness (QED) is 0.370. The second-order valence-corrected chi connectivity index (χ2v) is 10.2. The average Bonchev–Trinajstić information content (AvgIpc) is 3.34. The number of rotatable bonds is 4. The van der Waals surface area contributed by atoms with Crippen LogP contribution in [0.25, 0.3) is 31.4 Å². The van der Waals surface area contributed by atoms with Crippen molar-refractivity contribution in [1.82, 2.24) is 10.3 Å². The molecule has 0 saturated carbocycles. The highest BCUT2D eigenvalue weighted by atomic mass is 32.1. The molecule has 30 heavy (non-hydrogen) atoms. The zero-order valence-corrected chi connectivity index (χ0v) is 18.7. The highest BCUT2D eigenvalue weighted by Gasteiger charge is 2.30. The predicted octanol–water partition coefficient (Wildman–Crippen LogP) is 5.83. The van der Waals surface area contributed by atoms with Gasteiger partial charge in [-0.2, -0.15) is 0 Å². The number of H-pyrrole nitrogens is 1. The van der Waals surface area contributed by atoms with Gasteiger partial charge in [-0.15, -0.1) is 22.7 Å². The summed E-state index contributed by atoms with van der Waals surface area (Å²) in [6, 6.07) is 9.26. The van der Waals surface area contributed by atoms with Gasteiger partial charge in [-0.3, -0.25) is 4.79 Å². The number of hydrogen-bond donors (Lipinski definition) is 3. The maximum Gasteiger partial charge on any atom is 0.405 e. The number of pyridine rings is 1. The third-order valence-electron chi connectivity index (χ3n) is 5.07. The lowest BCUT2D eigenvalue weighted by Crippen LogP contribution is -2.35. The van der Waals surface area contributed by atoms with Crippen LogP contribution in [-0.2, 0) is 0 Å². The van der Waals surface area contributed by atoms with E-state index in [1.54, 1.807) is 7.11 Å². The second-order valence-electron chi connectivity index (χ2n) is 8.13. The van der Waals surface area contributed by atoms with E-state index in [-0.39, 0.29) is 17.0 Å². The number of thiophene rings is 2. The first kappa shape index (κ1) is 20.4. The molecule has 4 rings (SSSR count). The largest absolute Gasteiger partial charge is 0.496 e. The first-order valence-corrected chi connectivity index (χ1v) is 11.1. The number of carboxylic acid groups (broad SMARTS) is 1. The Kier molecular flexibility index (Phi) is 5.07. The number of nitrogens with one attached hydrogen (secondary N) is 2. The fourth-order valence-electron chi connectivity index (χ4n) is 3.72. The summed E-state index contributed by atoms with van der Waals surface area (Å²) in [5.74, 6) is 0.703. The third-order valence-corrected chi connectivity index (χ3v) is 7.15. The van der Waals surface area contributed by atoms with E-state index < -0.39 is 6.09 Å². The summed E-state index contributed by atoms with van der Waals surface area (Å²) in [6.07, 6.45) is -1.05. The molecule has 0 aliphatic rings. The summed E-state index contributed by atoms with van der Waals surface area (Å²) in [5.41, 5.74) is 1.24. The van der Waals surface area contributed by atoms with Crippen LogP contribution in [-0.4, -0.2) is 23.3 Å². The summed E-state index contributed by atoms with van der Waals surface area (Å²) >= 11 is 2.94. The number of amides is 1. The molecular weight excluding hydrogens is 420 g/mol. The predicted molar refractivity (Wildman–Crippen MR) is 123 cm³/mol. The van der Waals surface area contributed by atoms with E-state index in [0.29, 0.717) is 10.4 Å². The molecule has 0 fully saturated rings. The van der Waals surface area contributed by atoms with Gasteiger partial charge in [0.2, 0.25) is 0 Å².